The maximum atomic E-state index is 13.2. The van der Waals surface area contributed by atoms with E-state index in [9.17, 15) is 13.2 Å². The largest absolute Gasteiger partial charge is 0.477 e. The zero-order valence-corrected chi connectivity index (χ0v) is 13.6. The van der Waals surface area contributed by atoms with Crippen molar-refractivity contribution in [1.82, 2.24) is 9.78 Å². The minimum atomic E-state index is -4.49. The number of thioether (sulfide) groups is 1. The van der Waals surface area contributed by atoms with Gasteiger partial charge < -0.3 is 9.57 Å². The Balaban J connectivity index is 2.21. The smallest absolute Gasteiger partial charge is 0.433 e. The van der Waals surface area contributed by atoms with Crippen LogP contribution in [0, 0.1) is 0 Å². The van der Waals surface area contributed by atoms with Gasteiger partial charge in [0.25, 0.3) is 0 Å². The van der Waals surface area contributed by atoms with Gasteiger partial charge in [0.1, 0.15) is 16.3 Å². The van der Waals surface area contributed by atoms with Crippen LogP contribution in [-0.4, -0.2) is 27.0 Å². The molecule has 0 fully saturated rings. The van der Waals surface area contributed by atoms with Crippen LogP contribution in [0.15, 0.2) is 5.16 Å². The highest BCUT2D eigenvalue weighted by Crippen LogP contribution is 2.39. The van der Waals surface area contributed by atoms with Gasteiger partial charge in [-0.05, 0) is 20.8 Å². The van der Waals surface area contributed by atoms with Gasteiger partial charge in [-0.25, -0.2) is 0 Å². The van der Waals surface area contributed by atoms with Crippen LogP contribution in [0.25, 0.3) is 0 Å². The highest BCUT2D eigenvalue weighted by atomic mass is 32.2. The topological polar surface area (TPSA) is 48.6 Å². The average molecular weight is 337 g/mol. The number of nitrogens with zero attached hydrogens (tertiary/aromatic N) is 3. The van der Waals surface area contributed by atoms with Gasteiger partial charge in [-0.1, -0.05) is 5.16 Å². The summed E-state index contributed by atoms with van der Waals surface area (Å²) < 4.78 is 45.7. The van der Waals surface area contributed by atoms with Gasteiger partial charge in [-0.3, -0.25) is 4.68 Å². The van der Waals surface area contributed by atoms with Crippen LogP contribution in [0.2, 0.25) is 0 Å². The van der Waals surface area contributed by atoms with E-state index in [0.717, 1.165) is 4.68 Å². The lowest BCUT2D eigenvalue weighted by molar-refractivity contribution is -0.144. The molecule has 0 saturated carbocycles. The van der Waals surface area contributed by atoms with E-state index in [1.165, 1.54) is 18.8 Å². The van der Waals surface area contributed by atoms with Crippen molar-refractivity contribution in [3.8, 4) is 5.88 Å². The first-order chi connectivity index (χ1) is 10.1. The van der Waals surface area contributed by atoms with Crippen LogP contribution >= 0.6 is 11.8 Å². The number of aryl methyl sites for hydroxylation is 1. The molecule has 0 bridgehead atoms. The van der Waals surface area contributed by atoms with Crippen molar-refractivity contribution in [3.05, 3.63) is 11.3 Å². The van der Waals surface area contributed by atoms with E-state index in [2.05, 4.69) is 10.3 Å². The van der Waals surface area contributed by atoms with Gasteiger partial charge in [-0.2, -0.15) is 13.2 Å². The van der Waals surface area contributed by atoms with Crippen molar-refractivity contribution in [2.75, 3.05) is 6.61 Å². The van der Waals surface area contributed by atoms with Crippen molar-refractivity contribution in [3.63, 3.8) is 0 Å². The van der Waals surface area contributed by atoms with Gasteiger partial charge in [-0.15, -0.1) is 16.9 Å². The molecule has 0 spiro atoms. The summed E-state index contributed by atoms with van der Waals surface area (Å²) in [4.78, 5) is 5.21. The number of alkyl halides is 3. The molecule has 124 valence electrons. The molecule has 0 unspecified atom stereocenters. The predicted molar refractivity (Wildman–Crippen MR) is 77.9 cm³/mol. The lowest BCUT2D eigenvalue weighted by atomic mass is 10.1. The first kappa shape index (κ1) is 17.0. The number of rotatable bonds is 4. The molecule has 0 radical (unpaired) electrons. The van der Waals surface area contributed by atoms with Gasteiger partial charge in [0, 0.05) is 19.2 Å². The van der Waals surface area contributed by atoms with E-state index < -0.39 is 17.5 Å². The summed E-state index contributed by atoms with van der Waals surface area (Å²) in [5.41, 5.74) is -1.16. The molecule has 0 atom stereocenters. The summed E-state index contributed by atoms with van der Waals surface area (Å²) in [6.45, 7) is 5.71. The fraction of sp³-hybridized carbons (Fsp3) is 0.692. The lowest BCUT2D eigenvalue weighted by Gasteiger charge is -2.13. The molecule has 22 heavy (non-hydrogen) atoms. The van der Waals surface area contributed by atoms with Crippen molar-refractivity contribution in [2.45, 2.75) is 44.7 Å². The number of oxime groups is 1. The quantitative estimate of drug-likeness (QED) is 0.842. The van der Waals surface area contributed by atoms with Crippen molar-refractivity contribution < 1.29 is 22.7 Å². The van der Waals surface area contributed by atoms with Gasteiger partial charge in [0.2, 0.25) is 5.88 Å². The van der Waals surface area contributed by atoms with Crippen molar-refractivity contribution >= 4 is 16.8 Å². The summed E-state index contributed by atoms with van der Waals surface area (Å²) in [6.07, 6.45) is -3.91. The van der Waals surface area contributed by atoms with Crippen LogP contribution in [0.5, 0.6) is 5.88 Å². The van der Waals surface area contributed by atoms with Gasteiger partial charge in [0.15, 0.2) is 0 Å². The Morgan fingerprint density at radius 3 is 2.59 bits per heavy atom. The summed E-state index contributed by atoms with van der Waals surface area (Å²) >= 11 is 1.21. The maximum Gasteiger partial charge on any atom is 0.433 e. The molecule has 2 heterocycles. The molecule has 2 rings (SSSR count). The SMILES string of the molecule is CCOc1nn(C)c(C(F)(F)F)c1CSC1=NOC(C)(C)C1. The minimum absolute atomic E-state index is 0.0172. The molecular formula is C13H18F3N3O2S. The van der Waals surface area contributed by atoms with Crippen LogP contribution in [0.1, 0.15) is 38.4 Å². The van der Waals surface area contributed by atoms with Gasteiger partial charge >= 0.3 is 6.18 Å². The van der Waals surface area contributed by atoms with E-state index >= 15 is 0 Å². The molecule has 0 aromatic carbocycles. The zero-order chi connectivity index (χ0) is 16.5. The van der Waals surface area contributed by atoms with E-state index in [0.29, 0.717) is 11.5 Å². The second-order valence-corrected chi connectivity index (χ2v) is 6.54. The summed E-state index contributed by atoms with van der Waals surface area (Å²) in [5.74, 6) is 0.0969. The van der Waals surface area contributed by atoms with Crippen molar-refractivity contribution in [2.24, 2.45) is 12.2 Å². The lowest BCUT2D eigenvalue weighted by Crippen LogP contribution is -2.18. The first-order valence-electron chi connectivity index (χ1n) is 6.78. The molecule has 0 saturated heterocycles. The Kier molecular flexibility index (Phi) is 4.65. The molecule has 1 aromatic rings. The van der Waals surface area contributed by atoms with Crippen LogP contribution in [0.3, 0.4) is 0 Å². The Morgan fingerprint density at radius 2 is 2.09 bits per heavy atom. The number of hydrogen-bond donors (Lipinski definition) is 0. The van der Waals surface area contributed by atoms with Crippen molar-refractivity contribution in [1.29, 1.82) is 0 Å². The van der Waals surface area contributed by atoms with Gasteiger partial charge in [0.05, 0.1) is 12.2 Å². The summed E-state index contributed by atoms with van der Waals surface area (Å²) in [5, 5.41) is 8.41. The van der Waals surface area contributed by atoms with Crippen LogP contribution < -0.4 is 4.74 Å². The molecule has 0 aliphatic carbocycles. The minimum Gasteiger partial charge on any atom is -0.477 e. The number of aromatic nitrogens is 2. The molecule has 9 heteroatoms. The molecule has 0 amide bonds. The standard InChI is InChI=1S/C13H18F3N3O2S/c1-5-20-11-8(10(13(14,15)16)19(4)17-11)7-22-9-6-12(2,3)21-18-9/h5-7H2,1-4H3. The predicted octanol–water partition coefficient (Wildman–Crippen LogP) is 3.58. The normalized spacial score (nSPS) is 17.3. The highest BCUT2D eigenvalue weighted by molar-refractivity contribution is 8.13. The molecule has 1 aliphatic rings. The van der Waals surface area contributed by atoms with Crippen LogP contribution in [-0.2, 0) is 23.8 Å². The number of halogens is 3. The van der Waals surface area contributed by atoms with E-state index in [4.69, 9.17) is 9.57 Å². The first-order valence-corrected chi connectivity index (χ1v) is 7.76. The third-order valence-electron chi connectivity index (χ3n) is 3.01. The Labute approximate surface area is 130 Å². The zero-order valence-electron chi connectivity index (χ0n) is 12.8. The molecule has 0 N–H and O–H groups in total. The third-order valence-corrected chi connectivity index (χ3v) is 4.00. The number of hydrogen-bond acceptors (Lipinski definition) is 5. The monoisotopic (exact) mass is 337 g/mol. The fourth-order valence-corrected chi connectivity index (χ4v) is 3.23. The Morgan fingerprint density at radius 1 is 1.41 bits per heavy atom. The average Bonchev–Trinajstić information content (AvgIpc) is 2.86. The maximum absolute atomic E-state index is 13.2. The molecular weight excluding hydrogens is 319 g/mol. The van der Waals surface area contributed by atoms with E-state index in [1.807, 2.05) is 13.8 Å². The summed E-state index contributed by atoms with van der Waals surface area (Å²) in [7, 11) is 1.26. The molecule has 5 nitrogen and oxygen atoms in total. The Hall–Kier alpha value is -1.38. The van der Waals surface area contributed by atoms with E-state index in [1.54, 1.807) is 6.92 Å². The third kappa shape index (κ3) is 3.68. The van der Waals surface area contributed by atoms with Crippen LogP contribution in [0.4, 0.5) is 13.2 Å². The second-order valence-electron chi connectivity index (χ2n) is 5.49. The summed E-state index contributed by atoms with van der Waals surface area (Å²) in [6, 6.07) is 0. The fourth-order valence-electron chi connectivity index (χ4n) is 2.12. The Bertz CT molecular complexity index is 582. The van der Waals surface area contributed by atoms with E-state index in [-0.39, 0.29) is 23.8 Å². The highest BCUT2D eigenvalue weighted by Gasteiger charge is 2.40. The number of ether oxygens (including phenoxy) is 1. The second kappa shape index (κ2) is 6.02. The molecule has 1 aromatic heterocycles. The molecule has 1 aliphatic heterocycles.